The molecule has 0 aliphatic carbocycles. The van der Waals surface area contributed by atoms with E-state index >= 15 is 0 Å². The predicted molar refractivity (Wildman–Crippen MR) is 137 cm³/mol. The topological polar surface area (TPSA) is 130 Å². The van der Waals surface area contributed by atoms with Crippen LogP contribution in [-0.4, -0.2) is 36.4 Å². The monoisotopic (exact) mass is 573 g/mol. The largest absolute Gasteiger partial charge is 0.471 e. The van der Waals surface area contributed by atoms with Crippen LogP contribution in [0.3, 0.4) is 0 Å². The van der Waals surface area contributed by atoms with Crippen molar-refractivity contribution < 1.29 is 31.9 Å². The highest BCUT2D eigenvalue weighted by atomic mass is 32.1. The fourth-order valence-corrected chi connectivity index (χ4v) is 4.92. The predicted octanol–water partition coefficient (Wildman–Crippen LogP) is 4.75. The van der Waals surface area contributed by atoms with E-state index in [2.05, 4.69) is 20.5 Å². The maximum Gasteiger partial charge on any atom is 0.433 e. The molecule has 40 heavy (non-hydrogen) atoms. The van der Waals surface area contributed by atoms with Crippen LogP contribution in [0, 0.1) is 12.7 Å². The summed E-state index contributed by atoms with van der Waals surface area (Å²) in [6.07, 6.45) is -1.93. The standard InChI is InChI=1S/C25H19F4N7O3S/c1-12-16(10-31-35(12)2)15-9-18(25(27,28)29)32-24-19(15)20(21(40-24)22(30)37)33-23(38)17-7-8-36(34-17)11-39-14-5-3-13(26)4-6-14/h3-10H,11H2,1-2H3,(H2,30,37)(H,33,38). The van der Waals surface area contributed by atoms with Crippen molar-refractivity contribution in [3.05, 3.63) is 76.6 Å². The molecule has 0 aliphatic heterocycles. The van der Waals surface area contributed by atoms with E-state index < -0.39 is 29.5 Å². The lowest BCUT2D eigenvalue weighted by Crippen LogP contribution is -2.18. The zero-order chi connectivity index (χ0) is 28.8. The van der Waals surface area contributed by atoms with E-state index in [-0.39, 0.29) is 38.8 Å². The Morgan fingerprint density at radius 2 is 1.88 bits per heavy atom. The average Bonchev–Trinajstić information content (AvgIpc) is 3.61. The molecule has 10 nitrogen and oxygen atoms in total. The molecule has 5 aromatic rings. The number of primary amides is 1. The maximum absolute atomic E-state index is 13.7. The summed E-state index contributed by atoms with van der Waals surface area (Å²) in [7, 11) is 1.63. The van der Waals surface area contributed by atoms with Gasteiger partial charge in [0, 0.05) is 29.9 Å². The Kier molecular flexibility index (Phi) is 6.75. The number of amides is 2. The molecule has 5 rings (SSSR count). The third kappa shape index (κ3) is 5.10. The zero-order valence-electron chi connectivity index (χ0n) is 20.8. The molecule has 0 spiro atoms. The summed E-state index contributed by atoms with van der Waals surface area (Å²) in [5.74, 6) is -1.76. The minimum atomic E-state index is -4.78. The summed E-state index contributed by atoms with van der Waals surface area (Å²) in [6, 6.07) is 7.55. The van der Waals surface area contributed by atoms with Crippen molar-refractivity contribution in [2.75, 3.05) is 5.32 Å². The Balaban J connectivity index is 1.53. The van der Waals surface area contributed by atoms with E-state index in [1.807, 2.05) is 0 Å². The Bertz CT molecular complexity index is 1760. The molecule has 206 valence electrons. The van der Waals surface area contributed by atoms with E-state index in [1.54, 1.807) is 14.0 Å². The first-order valence-electron chi connectivity index (χ1n) is 11.5. The Labute approximate surface area is 227 Å². The van der Waals surface area contributed by atoms with Crippen LogP contribution in [0.2, 0.25) is 0 Å². The van der Waals surface area contributed by atoms with Crippen LogP contribution in [0.1, 0.15) is 31.5 Å². The van der Waals surface area contributed by atoms with E-state index in [0.29, 0.717) is 28.3 Å². The Hall–Kier alpha value is -4.79. The highest BCUT2D eigenvalue weighted by Gasteiger charge is 2.35. The van der Waals surface area contributed by atoms with E-state index in [9.17, 15) is 27.2 Å². The summed E-state index contributed by atoms with van der Waals surface area (Å²) in [4.78, 5) is 28.9. The third-order valence-electron chi connectivity index (χ3n) is 5.99. The number of carbonyl (C=O) groups is 2. The molecular weight excluding hydrogens is 554 g/mol. The fraction of sp³-hybridized carbons (Fsp3) is 0.160. The number of halogens is 4. The number of rotatable bonds is 7. The number of pyridine rings is 1. The second-order valence-corrected chi connectivity index (χ2v) is 9.59. The van der Waals surface area contributed by atoms with Gasteiger partial charge in [-0.2, -0.15) is 23.4 Å². The molecule has 0 saturated carbocycles. The van der Waals surface area contributed by atoms with Crippen LogP contribution in [0.25, 0.3) is 21.3 Å². The number of anilines is 1. The number of nitrogens with two attached hydrogens (primary N) is 1. The summed E-state index contributed by atoms with van der Waals surface area (Å²) < 4.78 is 62.6. The summed E-state index contributed by atoms with van der Waals surface area (Å²) in [5, 5.41) is 10.9. The van der Waals surface area contributed by atoms with Gasteiger partial charge >= 0.3 is 6.18 Å². The lowest BCUT2D eigenvalue weighted by Gasteiger charge is -2.12. The molecule has 2 amide bonds. The summed E-state index contributed by atoms with van der Waals surface area (Å²) >= 11 is 0.633. The van der Waals surface area contributed by atoms with E-state index in [0.717, 1.165) is 6.07 Å². The van der Waals surface area contributed by atoms with Crippen LogP contribution in [0.4, 0.5) is 23.2 Å². The molecule has 0 unspecified atom stereocenters. The van der Waals surface area contributed by atoms with E-state index in [4.69, 9.17) is 10.5 Å². The molecule has 1 aromatic carbocycles. The number of alkyl halides is 3. The first-order chi connectivity index (χ1) is 18.9. The van der Waals surface area contributed by atoms with Gasteiger partial charge in [-0.1, -0.05) is 0 Å². The lowest BCUT2D eigenvalue weighted by atomic mass is 10.0. The number of benzene rings is 1. The van der Waals surface area contributed by atoms with Gasteiger partial charge in [-0.3, -0.25) is 14.3 Å². The maximum atomic E-state index is 13.7. The molecule has 15 heteroatoms. The quantitative estimate of drug-likeness (QED) is 0.271. The number of hydrogen-bond acceptors (Lipinski definition) is 7. The Morgan fingerprint density at radius 3 is 2.50 bits per heavy atom. The van der Waals surface area contributed by atoms with Gasteiger partial charge in [-0.15, -0.1) is 11.3 Å². The van der Waals surface area contributed by atoms with Gasteiger partial charge in [0.2, 0.25) is 0 Å². The SMILES string of the molecule is Cc1c(-c2cc(C(F)(F)F)nc3sc(C(N)=O)c(NC(=O)c4ccn(COc5ccc(F)cc5)n4)c23)cnn1C. The molecule has 0 atom stereocenters. The number of carbonyl (C=O) groups excluding carboxylic acids is 2. The van der Waals surface area contributed by atoms with E-state index in [1.165, 1.54) is 52.1 Å². The second kappa shape index (κ2) is 10.1. The normalized spacial score (nSPS) is 11.7. The number of thiophene rings is 1. The molecule has 0 radical (unpaired) electrons. The number of nitrogens with zero attached hydrogens (tertiary/aromatic N) is 5. The van der Waals surface area contributed by atoms with Crippen LogP contribution in [-0.2, 0) is 20.0 Å². The van der Waals surface area contributed by atoms with Crippen molar-refractivity contribution in [1.82, 2.24) is 24.5 Å². The van der Waals surface area contributed by atoms with Crippen molar-refractivity contribution in [3.63, 3.8) is 0 Å². The number of ether oxygens (including phenoxy) is 1. The van der Waals surface area contributed by atoms with Gasteiger partial charge in [0.25, 0.3) is 11.8 Å². The third-order valence-corrected chi connectivity index (χ3v) is 7.09. The van der Waals surface area contributed by atoms with Gasteiger partial charge in [0.15, 0.2) is 12.4 Å². The van der Waals surface area contributed by atoms with Gasteiger partial charge < -0.3 is 15.8 Å². The number of aromatic nitrogens is 5. The number of hydrogen-bond donors (Lipinski definition) is 2. The number of fused-ring (bicyclic) bond motifs is 1. The first-order valence-corrected chi connectivity index (χ1v) is 12.3. The summed E-state index contributed by atoms with van der Waals surface area (Å²) in [5.41, 5.74) is 5.18. The molecule has 0 aliphatic rings. The van der Waals surface area contributed by atoms with Crippen molar-refractivity contribution in [1.29, 1.82) is 0 Å². The zero-order valence-corrected chi connectivity index (χ0v) is 21.6. The van der Waals surface area contributed by atoms with Crippen molar-refractivity contribution in [2.45, 2.75) is 19.8 Å². The van der Waals surface area contributed by atoms with Crippen LogP contribution in [0.15, 0.2) is 48.8 Å². The Morgan fingerprint density at radius 1 is 1.15 bits per heavy atom. The average molecular weight is 574 g/mol. The molecule has 4 heterocycles. The molecule has 4 aromatic heterocycles. The molecule has 0 bridgehead atoms. The minimum absolute atomic E-state index is 0.0696. The second-order valence-electron chi connectivity index (χ2n) is 8.59. The number of aryl methyl sites for hydroxylation is 1. The van der Waals surface area contributed by atoms with Gasteiger partial charge in [0.05, 0.1) is 11.9 Å². The van der Waals surface area contributed by atoms with Crippen molar-refractivity contribution in [3.8, 4) is 16.9 Å². The van der Waals surface area contributed by atoms with Gasteiger partial charge in [-0.05, 0) is 48.9 Å². The molecule has 0 fully saturated rings. The number of nitrogens with one attached hydrogen (secondary N) is 1. The smallest absolute Gasteiger partial charge is 0.433 e. The van der Waals surface area contributed by atoms with Crippen molar-refractivity contribution >= 4 is 39.1 Å². The molecule has 3 N–H and O–H groups in total. The molecular formula is C25H19F4N7O3S. The lowest BCUT2D eigenvalue weighted by molar-refractivity contribution is -0.140. The van der Waals surface area contributed by atoms with Gasteiger partial charge in [0.1, 0.15) is 27.0 Å². The van der Waals surface area contributed by atoms with Gasteiger partial charge in [-0.25, -0.2) is 14.1 Å². The molecule has 0 saturated heterocycles. The fourth-order valence-electron chi connectivity index (χ4n) is 3.92. The van der Waals surface area contributed by atoms with Crippen LogP contribution < -0.4 is 15.8 Å². The minimum Gasteiger partial charge on any atom is -0.471 e. The first kappa shape index (κ1) is 26.8. The summed E-state index contributed by atoms with van der Waals surface area (Å²) in [6.45, 7) is 1.57. The highest BCUT2D eigenvalue weighted by molar-refractivity contribution is 7.21. The highest BCUT2D eigenvalue weighted by Crippen LogP contribution is 2.44. The van der Waals surface area contributed by atoms with Crippen LogP contribution >= 0.6 is 11.3 Å². The van der Waals surface area contributed by atoms with Crippen LogP contribution in [0.5, 0.6) is 5.75 Å². The van der Waals surface area contributed by atoms with Crippen molar-refractivity contribution in [2.24, 2.45) is 12.8 Å².